The van der Waals surface area contributed by atoms with Crippen LogP contribution >= 0.6 is 0 Å². The first kappa shape index (κ1) is 19.8. The average Bonchev–Trinajstić information content (AvgIpc) is 3.07. The maximum absolute atomic E-state index is 13.4. The molecule has 2 fully saturated rings. The van der Waals surface area contributed by atoms with E-state index in [1.165, 1.54) is 54.0 Å². The molecule has 2 aliphatic rings. The van der Waals surface area contributed by atoms with E-state index in [1.54, 1.807) is 0 Å². The van der Waals surface area contributed by atoms with E-state index in [1.807, 2.05) is 0 Å². The number of hydrogen-bond acceptors (Lipinski definition) is 6. The van der Waals surface area contributed by atoms with Gasteiger partial charge < -0.3 is 9.47 Å². The smallest absolute Gasteiger partial charge is 0.265 e. The Kier molecular flexibility index (Phi) is 5.05. The number of hydroxylamine groups is 1. The minimum Gasteiger partial charge on any atom is -0.457 e. The van der Waals surface area contributed by atoms with Crippen LogP contribution in [0.5, 0.6) is 11.5 Å². The van der Waals surface area contributed by atoms with E-state index in [2.05, 4.69) is 0 Å². The molecule has 3 atom stereocenters. The zero-order valence-corrected chi connectivity index (χ0v) is 16.2. The van der Waals surface area contributed by atoms with Crippen LogP contribution in [-0.4, -0.2) is 36.5 Å². The second kappa shape index (κ2) is 7.40. The molecular weight excluding hydrogens is 401 g/mol. The van der Waals surface area contributed by atoms with Crippen LogP contribution in [0.25, 0.3) is 0 Å². The van der Waals surface area contributed by atoms with Gasteiger partial charge in [0.1, 0.15) is 17.3 Å². The fraction of sp³-hybridized carbons (Fsp3) is 0.350. The van der Waals surface area contributed by atoms with Gasteiger partial charge in [0.15, 0.2) is 14.6 Å². The van der Waals surface area contributed by atoms with Gasteiger partial charge in [0.05, 0.1) is 17.1 Å². The summed E-state index contributed by atoms with van der Waals surface area (Å²) < 4.78 is 49.3. The fourth-order valence-corrected chi connectivity index (χ4v) is 6.13. The van der Waals surface area contributed by atoms with E-state index in [4.69, 9.17) is 9.47 Å². The Bertz CT molecular complexity index is 994. The van der Waals surface area contributed by atoms with Crippen molar-refractivity contribution in [2.24, 2.45) is 0 Å². The van der Waals surface area contributed by atoms with Crippen molar-refractivity contribution >= 4 is 15.7 Å². The van der Waals surface area contributed by atoms with E-state index in [0.29, 0.717) is 24.3 Å². The molecule has 2 saturated heterocycles. The van der Waals surface area contributed by atoms with Crippen molar-refractivity contribution in [2.45, 2.75) is 47.5 Å². The third-order valence-corrected chi connectivity index (χ3v) is 7.96. The third kappa shape index (κ3) is 3.50. The Balaban J connectivity index is 1.63. The summed E-state index contributed by atoms with van der Waals surface area (Å²) in [7, 11) is -4.11. The molecule has 1 unspecified atom stereocenters. The molecule has 2 heterocycles. The number of hydrogen-bond donors (Lipinski definition) is 2. The van der Waals surface area contributed by atoms with E-state index >= 15 is 0 Å². The minimum atomic E-state index is -4.11. The van der Waals surface area contributed by atoms with Gasteiger partial charge in [-0.25, -0.2) is 18.3 Å². The van der Waals surface area contributed by atoms with Crippen molar-refractivity contribution in [1.29, 1.82) is 0 Å². The lowest BCUT2D eigenvalue weighted by atomic mass is 9.93. The summed E-state index contributed by atoms with van der Waals surface area (Å²) in [6, 6.07) is 11.1. The molecule has 154 valence electrons. The first-order valence-corrected chi connectivity index (χ1v) is 10.7. The van der Waals surface area contributed by atoms with Gasteiger partial charge in [-0.15, -0.1) is 0 Å². The zero-order chi connectivity index (χ0) is 20.6. The van der Waals surface area contributed by atoms with Crippen molar-refractivity contribution in [1.82, 2.24) is 5.48 Å². The molecule has 29 heavy (non-hydrogen) atoms. The summed E-state index contributed by atoms with van der Waals surface area (Å²) in [6.45, 7) is 0. The number of ether oxygens (including phenoxy) is 2. The van der Waals surface area contributed by atoms with Gasteiger partial charge in [-0.05, 0) is 61.4 Å². The van der Waals surface area contributed by atoms with Gasteiger partial charge in [-0.2, -0.15) is 0 Å². The van der Waals surface area contributed by atoms with Crippen LogP contribution in [0.4, 0.5) is 4.39 Å². The standard InChI is InChI=1S/C20H20FNO6S/c21-13-1-3-14(4-2-13)27-15-7-9-18(10-8-15)29(25,26)20(19(23)22-24)11-16-5-6-17(12-20)28-16/h1-4,7-10,16-17,24H,5-6,11-12H2,(H,22,23)/t16-,17+,20?. The lowest BCUT2D eigenvalue weighted by molar-refractivity contribution is -0.136. The number of amides is 1. The van der Waals surface area contributed by atoms with E-state index in [-0.39, 0.29) is 29.9 Å². The molecule has 2 aromatic rings. The maximum atomic E-state index is 13.4. The topological polar surface area (TPSA) is 102 Å². The van der Waals surface area contributed by atoms with Crippen molar-refractivity contribution in [3.05, 3.63) is 54.3 Å². The van der Waals surface area contributed by atoms with Crippen molar-refractivity contribution in [3.8, 4) is 11.5 Å². The maximum Gasteiger partial charge on any atom is 0.265 e. The SMILES string of the molecule is O=C(NO)C1(S(=O)(=O)c2ccc(Oc3ccc(F)cc3)cc2)C[C@H]2CC[C@@H](C1)O2. The molecule has 0 aromatic heterocycles. The van der Waals surface area contributed by atoms with Crippen molar-refractivity contribution < 1.29 is 32.3 Å². The number of halogens is 1. The number of carbonyl (C=O) groups is 1. The van der Waals surface area contributed by atoms with Crippen LogP contribution in [0.2, 0.25) is 0 Å². The number of sulfone groups is 1. The molecule has 0 saturated carbocycles. The average molecular weight is 421 g/mol. The molecule has 2 bridgehead atoms. The van der Waals surface area contributed by atoms with Gasteiger partial charge in [0.25, 0.3) is 5.91 Å². The largest absolute Gasteiger partial charge is 0.457 e. The van der Waals surface area contributed by atoms with Crippen LogP contribution < -0.4 is 10.2 Å². The quantitative estimate of drug-likeness (QED) is 0.569. The molecule has 0 aliphatic carbocycles. The van der Waals surface area contributed by atoms with Crippen LogP contribution in [0.3, 0.4) is 0 Å². The zero-order valence-electron chi connectivity index (χ0n) is 15.4. The lowest BCUT2D eigenvalue weighted by Crippen LogP contribution is -2.56. The van der Waals surface area contributed by atoms with Gasteiger partial charge in [-0.1, -0.05) is 0 Å². The molecule has 7 nitrogen and oxygen atoms in total. The van der Waals surface area contributed by atoms with Gasteiger partial charge in [-0.3, -0.25) is 10.0 Å². The fourth-order valence-electron chi connectivity index (χ4n) is 4.08. The van der Waals surface area contributed by atoms with Gasteiger partial charge >= 0.3 is 0 Å². The molecule has 2 aliphatic heterocycles. The van der Waals surface area contributed by atoms with Crippen molar-refractivity contribution in [3.63, 3.8) is 0 Å². The van der Waals surface area contributed by atoms with Crippen LogP contribution in [0, 0.1) is 5.82 Å². The Labute approximate surface area is 167 Å². The van der Waals surface area contributed by atoms with E-state index in [9.17, 15) is 22.8 Å². The number of rotatable bonds is 5. The molecule has 4 rings (SSSR count). The van der Waals surface area contributed by atoms with Crippen LogP contribution in [0.1, 0.15) is 25.7 Å². The second-order valence-corrected chi connectivity index (χ2v) is 9.59. The molecule has 0 spiro atoms. The molecule has 9 heteroatoms. The van der Waals surface area contributed by atoms with Crippen LogP contribution in [0.15, 0.2) is 53.4 Å². The molecular formula is C20H20FNO6S. The highest BCUT2D eigenvalue weighted by Gasteiger charge is 2.58. The third-order valence-electron chi connectivity index (χ3n) is 5.52. The predicted octanol–water partition coefficient (Wildman–Crippen LogP) is 2.98. The van der Waals surface area contributed by atoms with Gasteiger partial charge in [0, 0.05) is 12.8 Å². The Morgan fingerprint density at radius 3 is 2.07 bits per heavy atom. The summed E-state index contributed by atoms with van der Waals surface area (Å²) in [6.07, 6.45) is 0.692. The summed E-state index contributed by atoms with van der Waals surface area (Å²) in [4.78, 5) is 12.5. The highest BCUT2D eigenvalue weighted by atomic mass is 32.2. The van der Waals surface area contributed by atoms with Crippen LogP contribution in [-0.2, 0) is 19.4 Å². The summed E-state index contributed by atoms with van der Waals surface area (Å²) >= 11 is 0. The first-order valence-electron chi connectivity index (χ1n) is 9.22. The molecule has 2 N–H and O–H groups in total. The monoisotopic (exact) mass is 421 g/mol. The number of benzene rings is 2. The highest BCUT2D eigenvalue weighted by molar-refractivity contribution is 7.93. The summed E-state index contributed by atoms with van der Waals surface area (Å²) in [5, 5.41) is 9.23. The number of fused-ring (bicyclic) bond motifs is 2. The number of nitrogens with one attached hydrogen (secondary N) is 1. The molecule has 0 radical (unpaired) electrons. The summed E-state index contributed by atoms with van der Waals surface area (Å²) in [5.74, 6) is -0.566. The first-order chi connectivity index (χ1) is 13.8. The Morgan fingerprint density at radius 1 is 1.03 bits per heavy atom. The predicted molar refractivity (Wildman–Crippen MR) is 99.9 cm³/mol. The number of carbonyl (C=O) groups excluding carboxylic acids is 1. The molecule has 1 amide bonds. The van der Waals surface area contributed by atoms with Crippen molar-refractivity contribution in [2.75, 3.05) is 0 Å². The Hall–Kier alpha value is -2.49. The second-order valence-electron chi connectivity index (χ2n) is 7.33. The Morgan fingerprint density at radius 2 is 1.55 bits per heavy atom. The van der Waals surface area contributed by atoms with Gasteiger partial charge in [0.2, 0.25) is 0 Å². The highest BCUT2D eigenvalue weighted by Crippen LogP contribution is 2.45. The lowest BCUT2D eigenvalue weighted by Gasteiger charge is -2.38. The molecule has 2 aromatic carbocycles. The summed E-state index contributed by atoms with van der Waals surface area (Å²) in [5.41, 5.74) is 1.54. The van der Waals surface area contributed by atoms with E-state index in [0.717, 1.165) is 0 Å². The minimum absolute atomic E-state index is 0.00788. The van der Waals surface area contributed by atoms with E-state index < -0.39 is 26.3 Å². The normalized spacial score (nSPS) is 26.1.